The Kier molecular flexibility index (Phi) is 6.11. The maximum Gasteiger partial charge on any atom is 0.282 e. The molecule has 9 heteroatoms. The summed E-state index contributed by atoms with van der Waals surface area (Å²) in [7, 11) is -1.66. The first-order valence-electron chi connectivity index (χ1n) is 9.58. The molecule has 0 unspecified atom stereocenters. The third-order valence-corrected chi connectivity index (χ3v) is 7.47. The number of anilines is 1. The minimum Gasteiger partial charge on any atom is -0.373 e. The summed E-state index contributed by atoms with van der Waals surface area (Å²) in [4.78, 5) is 9.52. The average Bonchev–Trinajstić information content (AvgIpc) is 2.67. The van der Waals surface area contributed by atoms with Gasteiger partial charge in [0.05, 0.1) is 11.7 Å². The number of piperidine rings is 1. The minimum absolute atomic E-state index is 0.290. The van der Waals surface area contributed by atoms with Crippen LogP contribution in [0.4, 0.5) is 5.82 Å². The van der Waals surface area contributed by atoms with Gasteiger partial charge in [0, 0.05) is 51.8 Å². The zero-order valence-corrected chi connectivity index (χ0v) is 16.8. The quantitative estimate of drug-likeness (QED) is 0.770. The van der Waals surface area contributed by atoms with Crippen molar-refractivity contribution in [2.24, 2.45) is 0 Å². The topological polar surface area (TPSA) is 90.5 Å². The Morgan fingerprint density at radius 1 is 1.27 bits per heavy atom. The zero-order chi connectivity index (χ0) is 18.7. The minimum atomic E-state index is -3.51. The van der Waals surface area contributed by atoms with Crippen molar-refractivity contribution in [2.75, 3.05) is 38.5 Å². The molecule has 0 radical (unpaired) electrons. The Labute approximate surface area is 156 Å². The largest absolute Gasteiger partial charge is 0.373 e. The highest BCUT2D eigenvalue weighted by molar-refractivity contribution is 7.86. The van der Waals surface area contributed by atoms with Crippen molar-refractivity contribution in [3.63, 3.8) is 0 Å². The van der Waals surface area contributed by atoms with E-state index in [4.69, 9.17) is 9.97 Å². The predicted molar refractivity (Wildman–Crippen MR) is 102 cm³/mol. The first-order chi connectivity index (χ1) is 12.5. The van der Waals surface area contributed by atoms with Crippen molar-refractivity contribution in [3.8, 4) is 0 Å². The Morgan fingerprint density at radius 3 is 2.73 bits per heavy atom. The molecule has 3 heterocycles. The fraction of sp³-hybridized carbons (Fsp3) is 0.765. The molecule has 0 saturated carbocycles. The lowest BCUT2D eigenvalue weighted by Crippen LogP contribution is -2.47. The van der Waals surface area contributed by atoms with Crippen LogP contribution in [0.25, 0.3) is 0 Å². The van der Waals surface area contributed by atoms with Gasteiger partial charge < -0.3 is 10.6 Å². The number of fused-ring (bicyclic) bond motifs is 1. The van der Waals surface area contributed by atoms with Gasteiger partial charge in [-0.2, -0.15) is 17.0 Å². The van der Waals surface area contributed by atoms with Crippen molar-refractivity contribution in [2.45, 2.75) is 52.1 Å². The molecule has 0 aliphatic carbocycles. The van der Waals surface area contributed by atoms with Crippen LogP contribution in [-0.4, -0.2) is 60.2 Å². The van der Waals surface area contributed by atoms with Crippen LogP contribution in [0.1, 0.15) is 56.2 Å². The Morgan fingerprint density at radius 2 is 2.04 bits per heavy atom. The van der Waals surface area contributed by atoms with Gasteiger partial charge in [0.1, 0.15) is 11.6 Å². The van der Waals surface area contributed by atoms with E-state index in [1.807, 2.05) is 20.9 Å². The van der Waals surface area contributed by atoms with Gasteiger partial charge in [0.25, 0.3) is 10.2 Å². The number of nitrogens with zero attached hydrogens (tertiary/aromatic N) is 4. The standard InChI is InChI=1S/C17H30N6O2S/c1-4-22(5-2)26(24,25)23-11-7-6-8-15(23)17-20-14-9-10-19-12-13(14)16(18-3)21-17/h15,19H,4-12H2,1-3H3,(H,18,20,21)/t15-/m0/s1. The van der Waals surface area contributed by atoms with Crippen molar-refractivity contribution in [1.29, 1.82) is 0 Å². The molecule has 1 atom stereocenters. The van der Waals surface area contributed by atoms with Gasteiger partial charge in [-0.25, -0.2) is 9.97 Å². The maximum atomic E-state index is 13.1. The highest BCUT2D eigenvalue weighted by Gasteiger charge is 2.38. The summed E-state index contributed by atoms with van der Waals surface area (Å²) in [5.74, 6) is 1.44. The van der Waals surface area contributed by atoms with Gasteiger partial charge in [-0.1, -0.05) is 20.3 Å². The van der Waals surface area contributed by atoms with Gasteiger partial charge in [-0.3, -0.25) is 0 Å². The highest BCUT2D eigenvalue weighted by atomic mass is 32.2. The maximum absolute atomic E-state index is 13.1. The van der Waals surface area contributed by atoms with E-state index in [0.29, 0.717) is 25.5 Å². The number of nitrogens with one attached hydrogen (secondary N) is 2. The van der Waals surface area contributed by atoms with E-state index >= 15 is 0 Å². The van der Waals surface area contributed by atoms with E-state index in [1.165, 1.54) is 4.31 Å². The highest BCUT2D eigenvalue weighted by Crippen LogP contribution is 2.34. The first-order valence-corrected chi connectivity index (χ1v) is 11.0. The molecule has 1 saturated heterocycles. The molecule has 2 N–H and O–H groups in total. The molecule has 0 spiro atoms. The van der Waals surface area contributed by atoms with Gasteiger partial charge >= 0.3 is 0 Å². The summed E-state index contributed by atoms with van der Waals surface area (Å²) in [5, 5.41) is 6.51. The number of hydrogen-bond donors (Lipinski definition) is 2. The molecule has 2 aliphatic heterocycles. The molecule has 1 aromatic heterocycles. The zero-order valence-electron chi connectivity index (χ0n) is 16.0. The Bertz CT molecular complexity index is 718. The molecule has 3 rings (SSSR count). The second-order valence-electron chi connectivity index (χ2n) is 6.75. The van der Waals surface area contributed by atoms with Crippen LogP contribution in [0.15, 0.2) is 0 Å². The fourth-order valence-electron chi connectivity index (χ4n) is 3.86. The van der Waals surface area contributed by atoms with E-state index in [9.17, 15) is 8.42 Å². The summed E-state index contributed by atoms with van der Waals surface area (Å²) in [6.07, 6.45) is 3.48. The molecular formula is C17H30N6O2S. The van der Waals surface area contributed by atoms with Crippen LogP contribution in [0.2, 0.25) is 0 Å². The van der Waals surface area contributed by atoms with Crippen LogP contribution in [0.3, 0.4) is 0 Å². The van der Waals surface area contributed by atoms with Crippen LogP contribution in [-0.2, 0) is 23.2 Å². The van der Waals surface area contributed by atoms with E-state index in [1.54, 1.807) is 4.31 Å². The van der Waals surface area contributed by atoms with Crippen LogP contribution in [0, 0.1) is 0 Å². The molecule has 26 heavy (non-hydrogen) atoms. The lowest BCUT2D eigenvalue weighted by molar-refractivity contribution is 0.227. The van der Waals surface area contributed by atoms with Crippen LogP contribution < -0.4 is 10.6 Å². The lowest BCUT2D eigenvalue weighted by Gasteiger charge is -2.37. The third-order valence-electron chi connectivity index (χ3n) is 5.27. The van der Waals surface area contributed by atoms with Crippen LogP contribution >= 0.6 is 0 Å². The molecule has 0 bridgehead atoms. The molecule has 8 nitrogen and oxygen atoms in total. The summed E-state index contributed by atoms with van der Waals surface area (Å²) in [5.41, 5.74) is 2.13. The summed E-state index contributed by atoms with van der Waals surface area (Å²) in [6.45, 7) is 6.86. The number of aromatic nitrogens is 2. The lowest BCUT2D eigenvalue weighted by atomic mass is 10.0. The molecule has 146 valence electrons. The first kappa shape index (κ1) is 19.5. The van der Waals surface area contributed by atoms with Crippen molar-refractivity contribution in [3.05, 3.63) is 17.1 Å². The Hall–Kier alpha value is -1.29. The van der Waals surface area contributed by atoms with Gasteiger partial charge in [-0.05, 0) is 12.8 Å². The van der Waals surface area contributed by atoms with E-state index in [0.717, 1.165) is 55.8 Å². The molecule has 2 aliphatic rings. The predicted octanol–water partition coefficient (Wildman–Crippen LogP) is 1.28. The average molecular weight is 383 g/mol. The van der Waals surface area contributed by atoms with Crippen molar-refractivity contribution in [1.82, 2.24) is 23.9 Å². The normalized spacial score (nSPS) is 21.6. The van der Waals surface area contributed by atoms with E-state index < -0.39 is 10.2 Å². The third kappa shape index (κ3) is 3.58. The second kappa shape index (κ2) is 8.16. The molecule has 1 aromatic rings. The van der Waals surface area contributed by atoms with E-state index in [-0.39, 0.29) is 6.04 Å². The van der Waals surface area contributed by atoms with Gasteiger partial charge in [0.2, 0.25) is 0 Å². The monoisotopic (exact) mass is 382 g/mol. The van der Waals surface area contributed by atoms with Crippen LogP contribution in [0.5, 0.6) is 0 Å². The fourth-order valence-corrected chi connectivity index (χ4v) is 5.69. The second-order valence-corrected chi connectivity index (χ2v) is 8.63. The Balaban J connectivity index is 2.00. The number of rotatable bonds is 6. The molecule has 0 amide bonds. The molecule has 1 fully saturated rings. The van der Waals surface area contributed by atoms with Gasteiger partial charge in [-0.15, -0.1) is 0 Å². The number of hydrogen-bond acceptors (Lipinski definition) is 6. The summed E-state index contributed by atoms with van der Waals surface area (Å²) in [6, 6.07) is -0.290. The van der Waals surface area contributed by atoms with Gasteiger partial charge in [0.15, 0.2) is 0 Å². The smallest absolute Gasteiger partial charge is 0.282 e. The summed E-state index contributed by atoms with van der Waals surface area (Å²) >= 11 is 0. The molecule has 0 aromatic carbocycles. The molecular weight excluding hydrogens is 352 g/mol. The van der Waals surface area contributed by atoms with E-state index in [2.05, 4.69) is 10.6 Å². The van der Waals surface area contributed by atoms with Crippen molar-refractivity contribution < 1.29 is 8.42 Å². The van der Waals surface area contributed by atoms with Crippen molar-refractivity contribution >= 4 is 16.0 Å². The summed E-state index contributed by atoms with van der Waals surface area (Å²) < 4.78 is 29.4. The SMILES string of the molecule is CCN(CC)S(=O)(=O)N1CCCC[C@H]1c1nc2c(c(NC)n1)CNCC2.